The minimum absolute atomic E-state index is 0.00872. The zero-order chi connectivity index (χ0) is 16.5. The van der Waals surface area contributed by atoms with Crippen molar-refractivity contribution in [3.8, 4) is 0 Å². The van der Waals surface area contributed by atoms with Crippen molar-refractivity contribution >= 4 is 23.1 Å². The lowest BCUT2D eigenvalue weighted by atomic mass is 10.2. The van der Waals surface area contributed by atoms with E-state index in [1.807, 2.05) is 36.9 Å². The highest BCUT2D eigenvalue weighted by molar-refractivity contribution is 7.99. The van der Waals surface area contributed by atoms with E-state index in [0.717, 1.165) is 35.8 Å². The van der Waals surface area contributed by atoms with E-state index in [2.05, 4.69) is 29.2 Å². The topological polar surface area (TPSA) is 37.6 Å². The molecule has 5 heteroatoms. The van der Waals surface area contributed by atoms with Gasteiger partial charge in [-0.2, -0.15) is 0 Å². The maximum absolute atomic E-state index is 12.5. The summed E-state index contributed by atoms with van der Waals surface area (Å²) in [6.07, 6.45) is 1.13. The van der Waals surface area contributed by atoms with Crippen LogP contribution < -0.4 is 10.5 Å². The van der Waals surface area contributed by atoms with Crippen molar-refractivity contribution in [2.24, 2.45) is 0 Å². The second-order valence-electron chi connectivity index (χ2n) is 6.04. The number of hydrogen-bond donors (Lipinski definition) is 0. The zero-order valence-corrected chi connectivity index (χ0v) is 14.4. The molecule has 0 fully saturated rings. The molecule has 24 heavy (non-hydrogen) atoms. The van der Waals surface area contributed by atoms with E-state index < -0.39 is 0 Å². The average molecular weight is 337 g/mol. The van der Waals surface area contributed by atoms with E-state index in [9.17, 15) is 4.79 Å². The minimum atomic E-state index is -0.00872. The van der Waals surface area contributed by atoms with Crippen LogP contribution in [0.4, 0.5) is 5.69 Å². The lowest BCUT2D eigenvalue weighted by Crippen LogP contribution is -2.26. The van der Waals surface area contributed by atoms with Gasteiger partial charge in [0.2, 0.25) is 0 Å². The Kier molecular flexibility index (Phi) is 4.02. The molecule has 0 N–H and O–H groups in total. The number of benzene rings is 1. The Labute approximate surface area is 145 Å². The number of para-hydroxylation sites is 1. The highest BCUT2D eigenvalue weighted by Crippen LogP contribution is 2.34. The third-order valence-corrected chi connectivity index (χ3v) is 5.47. The SMILES string of the molecule is Cc1cccc2nc(CN3CCCSc4ccccc43)cc(=O)n12. The molecule has 4 rings (SSSR count). The normalized spacial score (nSPS) is 14.5. The smallest absolute Gasteiger partial charge is 0.258 e. The molecule has 0 saturated carbocycles. The number of fused-ring (bicyclic) bond motifs is 2. The first-order valence-electron chi connectivity index (χ1n) is 8.17. The van der Waals surface area contributed by atoms with Crippen molar-refractivity contribution in [1.82, 2.24) is 9.38 Å². The van der Waals surface area contributed by atoms with Crippen molar-refractivity contribution in [2.75, 3.05) is 17.2 Å². The summed E-state index contributed by atoms with van der Waals surface area (Å²) in [5.41, 5.74) is 3.69. The molecule has 0 saturated heterocycles. The van der Waals surface area contributed by atoms with E-state index in [0.29, 0.717) is 6.54 Å². The Morgan fingerprint density at radius 2 is 2.04 bits per heavy atom. The first-order valence-corrected chi connectivity index (χ1v) is 9.16. The summed E-state index contributed by atoms with van der Waals surface area (Å²) in [7, 11) is 0. The van der Waals surface area contributed by atoms with Crippen LogP contribution in [0.3, 0.4) is 0 Å². The number of aryl methyl sites for hydroxylation is 1. The molecule has 0 amide bonds. The lowest BCUT2D eigenvalue weighted by molar-refractivity contribution is 0.754. The van der Waals surface area contributed by atoms with Crippen LogP contribution in [0.1, 0.15) is 17.8 Å². The fraction of sp³-hybridized carbons (Fsp3) is 0.263. The van der Waals surface area contributed by atoms with Gasteiger partial charge in [-0.3, -0.25) is 9.20 Å². The second kappa shape index (κ2) is 6.32. The maximum atomic E-state index is 12.5. The van der Waals surface area contributed by atoms with Crippen molar-refractivity contribution in [2.45, 2.75) is 24.8 Å². The zero-order valence-electron chi connectivity index (χ0n) is 13.6. The molecule has 0 bridgehead atoms. The van der Waals surface area contributed by atoms with Crippen molar-refractivity contribution in [1.29, 1.82) is 0 Å². The van der Waals surface area contributed by atoms with Gasteiger partial charge >= 0.3 is 0 Å². The summed E-state index contributed by atoms with van der Waals surface area (Å²) in [5.74, 6) is 1.13. The highest BCUT2D eigenvalue weighted by Gasteiger charge is 2.16. The second-order valence-corrected chi connectivity index (χ2v) is 7.17. The van der Waals surface area contributed by atoms with Crippen LogP contribution in [0.5, 0.6) is 0 Å². The molecule has 1 aromatic carbocycles. The van der Waals surface area contributed by atoms with Gasteiger partial charge in [-0.05, 0) is 43.4 Å². The summed E-state index contributed by atoms with van der Waals surface area (Å²) < 4.78 is 1.66. The molecule has 0 unspecified atom stereocenters. The van der Waals surface area contributed by atoms with Gasteiger partial charge in [-0.1, -0.05) is 18.2 Å². The number of rotatable bonds is 2. The Morgan fingerprint density at radius 3 is 2.96 bits per heavy atom. The molecule has 4 nitrogen and oxygen atoms in total. The average Bonchev–Trinajstić information content (AvgIpc) is 2.77. The van der Waals surface area contributed by atoms with Gasteiger partial charge in [0.25, 0.3) is 5.56 Å². The van der Waals surface area contributed by atoms with Crippen molar-refractivity contribution < 1.29 is 0 Å². The summed E-state index contributed by atoms with van der Waals surface area (Å²) >= 11 is 1.90. The van der Waals surface area contributed by atoms with Gasteiger partial charge in [0.15, 0.2) is 0 Å². The van der Waals surface area contributed by atoms with Gasteiger partial charge in [-0.15, -0.1) is 11.8 Å². The molecule has 2 aromatic heterocycles. The molecule has 0 atom stereocenters. The Morgan fingerprint density at radius 1 is 1.17 bits per heavy atom. The molecule has 122 valence electrons. The molecule has 1 aliphatic heterocycles. The molecular formula is C19H19N3OS. The fourth-order valence-corrected chi connectivity index (χ4v) is 4.22. The number of hydrogen-bond acceptors (Lipinski definition) is 4. The van der Waals surface area contributed by atoms with Crippen LogP contribution in [0, 0.1) is 6.92 Å². The summed E-state index contributed by atoms with van der Waals surface area (Å²) in [6.45, 7) is 3.58. The monoisotopic (exact) mass is 337 g/mol. The third kappa shape index (κ3) is 2.80. The summed E-state index contributed by atoms with van der Waals surface area (Å²) in [5, 5.41) is 0. The molecule has 3 aromatic rings. The lowest BCUT2D eigenvalue weighted by Gasteiger charge is -2.24. The molecule has 1 aliphatic rings. The van der Waals surface area contributed by atoms with Crippen molar-refractivity contribution in [3.05, 3.63) is 70.3 Å². The van der Waals surface area contributed by atoms with E-state index in [1.54, 1.807) is 10.5 Å². The van der Waals surface area contributed by atoms with Crippen LogP contribution in [0.2, 0.25) is 0 Å². The van der Waals surface area contributed by atoms with E-state index >= 15 is 0 Å². The number of nitrogens with zero attached hydrogens (tertiary/aromatic N) is 3. The first kappa shape index (κ1) is 15.3. The number of thioether (sulfide) groups is 1. The van der Waals surface area contributed by atoms with E-state index in [-0.39, 0.29) is 5.56 Å². The molecule has 0 spiro atoms. The van der Waals surface area contributed by atoms with Gasteiger partial charge in [-0.25, -0.2) is 4.98 Å². The molecule has 0 radical (unpaired) electrons. The van der Waals surface area contributed by atoms with Crippen molar-refractivity contribution in [3.63, 3.8) is 0 Å². The minimum Gasteiger partial charge on any atom is -0.365 e. The van der Waals surface area contributed by atoms with E-state index in [1.165, 1.54) is 10.6 Å². The van der Waals surface area contributed by atoms with Crippen LogP contribution in [-0.4, -0.2) is 21.7 Å². The summed E-state index contributed by atoms with van der Waals surface area (Å²) in [6, 6.07) is 15.9. The standard InChI is InChI=1S/C19H19N3OS/c1-14-6-4-9-18-20-15(12-19(23)22(14)18)13-21-10-5-11-24-17-8-3-2-7-16(17)21/h2-4,6-9,12H,5,10-11,13H2,1H3. The third-order valence-electron chi connectivity index (χ3n) is 4.32. The predicted molar refractivity (Wildman–Crippen MR) is 99.0 cm³/mol. The Balaban J connectivity index is 1.73. The largest absolute Gasteiger partial charge is 0.365 e. The quantitative estimate of drug-likeness (QED) is 0.717. The van der Waals surface area contributed by atoms with Gasteiger partial charge in [0.05, 0.1) is 17.9 Å². The Bertz CT molecular complexity index is 951. The highest BCUT2D eigenvalue weighted by atomic mass is 32.2. The predicted octanol–water partition coefficient (Wildman–Crippen LogP) is 3.51. The van der Waals surface area contributed by atoms with Crippen LogP contribution >= 0.6 is 11.8 Å². The maximum Gasteiger partial charge on any atom is 0.258 e. The summed E-state index contributed by atoms with van der Waals surface area (Å²) in [4.78, 5) is 20.8. The van der Waals surface area contributed by atoms with Crippen LogP contribution in [-0.2, 0) is 6.54 Å². The molecule has 3 heterocycles. The molecular weight excluding hydrogens is 318 g/mol. The first-order chi connectivity index (χ1) is 11.7. The Hall–Kier alpha value is -2.27. The van der Waals surface area contributed by atoms with Crippen LogP contribution in [0.15, 0.2) is 58.2 Å². The number of aromatic nitrogens is 2. The number of pyridine rings is 1. The fourth-order valence-electron chi connectivity index (χ4n) is 3.20. The van der Waals surface area contributed by atoms with Gasteiger partial charge < -0.3 is 4.90 Å². The van der Waals surface area contributed by atoms with Crippen LogP contribution in [0.25, 0.3) is 5.65 Å². The molecule has 0 aliphatic carbocycles. The van der Waals surface area contributed by atoms with Gasteiger partial charge in [0, 0.05) is 23.2 Å². The number of anilines is 1. The van der Waals surface area contributed by atoms with Gasteiger partial charge in [0.1, 0.15) is 5.65 Å². The van der Waals surface area contributed by atoms with E-state index in [4.69, 9.17) is 4.98 Å².